The van der Waals surface area contributed by atoms with Crippen molar-refractivity contribution in [3.63, 3.8) is 0 Å². The molecule has 170 valence electrons. The third kappa shape index (κ3) is 12.0. The maximum Gasteiger partial charge on any atom is 0.306 e. The Kier molecular flexibility index (Phi) is 13.7. The highest BCUT2D eigenvalue weighted by Crippen LogP contribution is 2.11. The Hall–Kier alpha value is -0.610. The number of likely N-dealkylation sites (tertiary alicyclic amines) is 2. The molecule has 29 heavy (non-hydrogen) atoms. The minimum Gasteiger partial charge on any atom is -0.450 e. The Balaban J connectivity index is 1.61. The maximum atomic E-state index is 12.5. The molecule has 0 spiro atoms. The third-order valence-electron chi connectivity index (χ3n) is 6.94. The minimum atomic E-state index is 0.0609. The van der Waals surface area contributed by atoms with Crippen LogP contribution >= 0.6 is 0 Å². The molecule has 4 nitrogen and oxygen atoms in total. The van der Waals surface area contributed by atoms with Gasteiger partial charge in [-0.25, -0.2) is 0 Å². The van der Waals surface area contributed by atoms with Crippen molar-refractivity contribution in [2.75, 3.05) is 39.3 Å². The molecule has 0 unspecified atom stereocenters. The number of hydrogen-bond acceptors (Lipinski definition) is 2. The van der Waals surface area contributed by atoms with Gasteiger partial charge in [-0.15, -0.1) is 0 Å². The topological polar surface area (TPSA) is 35.2 Å². The van der Waals surface area contributed by atoms with Crippen LogP contribution in [0, 0.1) is 0 Å². The molecule has 2 heterocycles. The first-order valence-electron chi connectivity index (χ1n) is 13.1. The molecule has 2 saturated heterocycles. The SMILES string of the molecule is CCCCCCCCCCCC(=O)OC(C[NH+]1CCCCC1)C[NH+]1CCCCC1. The van der Waals surface area contributed by atoms with Gasteiger partial charge in [0.05, 0.1) is 26.2 Å². The standard InChI is InChI=1S/C25H48N2O2/c1-2-3-4-5-6-7-8-9-12-17-25(28)29-24(22-26-18-13-10-14-19-26)23-27-20-15-11-16-21-27/h24H,2-23H2,1H3/p+2. The molecule has 0 radical (unpaired) electrons. The molecule has 0 atom stereocenters. The van der Waals surface area contributed by atoms with E-state index < -0.39 is 0 Å². The van der Waals surface area contributed by atoms with E-state index in [0.717, 1.165) is 19.5 Å². The molecule has 0 aromatic carbocycles. The van der Waals surface area contributed by atoms with Crippen molar-refractivity contribution in [3.8, 4) is 0 Å². The molecule has 2 fully saturated rings. The summed E-state index contributed by atoms with van der Waals surface area (Å²) in [5.41, 5.74) is 0. The molecule has 2 N–H and O–H groups in total. The summed E-state index contributed by atoms with van der Waals surface area (Å²) in [6, 6.07) is 0. The van der Waals surface area contributed by atoms with Crippen LogP contribution in [-0.4, -0.2) is 51.3 Å². The largest absolute Gasteiger partial charge is 0.450 e. The van der Waals surface area contributed by atoms with Gasteiger partial charge < -0.3 is 14.5 Å². The van der Waals surface area contributed by atoms with E-state index in [2.05, 4.69) is 6.92 Å². The van der Waals surface area contributed by atoms with Gasteiger partial charge in [0.15, 0.2) is 6.10 Å². The predicted molar refractivity (Wildman–Crippen MR) is 121 cm³/mol. The Labute approximate surface area is 180 Å². The fourth-order valence-corrected chi connectivity index (χ4v) is 5.14. The number of carbonyl (C=O) groups excluding carboxylic acids is 1. The third-order valence-corrected chi connectivity index (χ3v) is 6.94. The van der Waals surface area contributed by atoms with Gasteiger partial charge in [-0.05, 0) is 44.9 Å². The number of quaternary nitrogens is 2. The summed E-state index contributed by atoms with van der Waals surface area (Å²) in [7, 11) is 0. The first-order valence-corrected chi connectivity index (χ1v) is 13.1. The summed E-state index contributed by atoms with van der Waals surface area (Å²) in [5.74, 6) is 0.0609. The van der Waals surface area contributed by atoms with Crippen molar-refractivity contribution in [1.82, 2.24) is 0 Å². The molecular formula is C25H50N2O2+2. The summed E-state index contributed by atoms with van der Waals surface area (Å²) >= 11 is 0. The normalized spacial score (nSPS) is 19.0. The first-order chi connectivity index (χ1) is 14.3. The Morgan fingerprint density at radius 2 is 1.14 bits per heavy atom. The van der Waals surface area contributed by atoms with E-state index in [1.807, 2.05) is 0 Å². The zero-order valence-electron chi connectivity index (χ0n) is 19.5. The predicted octanol–water partition coefficient (Wildman–Crippen LogP) is 2.96. The van der Waals surface area contributed by atoms with Gasteiger partial charge in [0.1, 0.15) is 13.1 Å². The smallest absolute Gasteiger partial charge is 0.306 e. The second-order valence-corrected chi connectivity index (χ2v) is 9.72. The minimum absolute atomic E-state index is 0.0609. The van der Waals surface area contributed by atoms with E-state index in [1.165, 1.54) is 116 Å². The van der Waals surface area contributed by atoms with Crippen LogP contribution in [0.1, 0.15) is 110 Å². The molecule has 2 aliphatic heterocycles. The molecule has 0 aromatic heterocycles. The van der Waals surface area contributed by atoms with Crippen molar-refractivity contribution in [2.45, 2.75) is 116 Å². The molecule has 0 bridgehead atoms. The van der Waals surface area contributed by atoms with E-state index in [4.69, 9.17) is 4.74 Å². The number of ether oxygens (including phenoxy) is 1. The molecule has 0 aliphatic carbocycles. The van der Waals surface area contributed by atoms with E-state index in [0.29, 0.717) is 6.42 Å². The molecular weight excluding hydrogens is 360 g/mol. The lowest BCUT2D eigenvalue weighted by atomic mass is 10.1. The van der Waals surface area contributed by atoms with E-state index in [-0.39, 0.29) is 12.1 Å². The molecule has 2 rings (SSSR count). The van der Waals surface area contributed by atoms with Gasteiger partial charge >= 0.3 is 5.97 Å². The lowest BCUT2D eigenvalue weighted by molar-refractivity contribution is -0.929. The second kappa shape index (κ2) is 16.1. The summed E-state index contributed by atoms with van der Waals surface area (Å²) in [5, 5.41) is 0. The first kappa shape index (κ1) is 24.7. The molecule has 4 heteroatoms. The number of esters is 1. The highest BCUT2D eigenvalue weighted by molar-refractivity contribution is 5.69. The number of unbranched alkanes of at least 4 members (excludes halogenated alkanes) is 8. The lowest BCUT2D eigenvalue weighted by Gasteiger charge is -2.31. The van der Waals surface area contributed by atoms with Crippen LogP contribution in [-0.2, 0) is 9.53 Å². The highest BCUT2D eigenvalue weighted by Gasteiger charge is 2.27. The van der Waals surface area contributed by atoms with Gasteiger partial charge in [0, 0.05) is 6.42 Å². The lowest BCUT2D eigenvalue weighted by Crippen LogP contribution is -3.17. The van der Waals surface area contributed by atoms with Gasteiger partial charge in [0.2, 0.25) is 0 Å². The quantitative estimate of drug-likeness (QED) is 0.322. The van der Waals surface area contributed by atoms with Crippen LogP contribution in [0.25, 0.3) is 0 Å². The summed E-state index contributed by atoms with van der Waals surface area (Å²) in [6.45, 7) is 9.40. The van der Waals surface area contributed by atoms with Crippen LogP contribution in [0.2, 0.25) is 0 Å². The Morgan fingerprint density at radius 3 is 1.62 bits per heavy atom. The summed E-state index contributed by atoms with van der Waals surface area (Å²) in [6.07, 6.45) is 20.5. The molecule has 2 aliphatic rings. The summed E-state index contributed by atoms with van der Waals surface area (Å²) < 4.78 is 6.05. The average molecular weight is 411 g/mol. The number of hydrogen-bond donors (Lipinski definition) is 2. The van der Waals surface area contributed by atoms with E-state index >= 15 is 0 Å². The highest BCUT2D eigenvalue weighted by atomic mass is 16.5. The number of carbonyl (C=O) groups is 1. The fourth-order valence-electron chi connectivity index (χ4n) is 5.14. The second-order valence-electron chi connectivity index (χ2n) is 9.72. The summed E-state index contributed by atoms with van der Waals surface area (Å²) in [4.78, 5) is 15.8. The van der Waals surface area contributed by atoms with Gasteiger partial charge in [0.25, 0.3) is 0 Å². The van der Waals surface area contributed by atoms with Crippen molar-refractivity contribution >= 4 is 5.97 Å². The van der Waals surface area contributed by atoms with Crippen molar-refractivity contribution < 1.29 is 19.3 Å². The van der Waals surface area contributed by atoms with Crippen LogP contribution in [0.4, 0.5) is 0 Å². The van der Waals surface area contributed by atoms with Gasteiger partial charge in [-0.3, -0.25) is 4.79 Å². The number of piperidine rings is 2. The van der Waals surface area contributed by atoms with Gasteiger partial charge in [-0.1, -0.05) is 58.3 Å². The monoisotopic (exact) mass is 410 g/mol. The van der Waals surface area contributed by atoms with Crippen LogP contribution in [0.15, 0.2) is 0 Å². The van der Waals surface area contributed by atoms with Crippen molar-refractivity contribution in [1.29, 1.82) is 0 Å². The Bertz CT molecular complexity index is 384. The zero-order chi connectivity index (χ0) is 20.6. The molecule has 0 amide bonds. The van der Waals surface area contributed by atoms with E-state index in [9.17, 15) is 4.79 Å². The van der Waals surface area contributed by atoms with Crippen LogP contribution < -0.4 is 9.80 Å². The Morgan fingerprint density at radius 1 is 0.690 bits per heavy atom. The van der Waals surface area contributed by atoms with Crippen molar-refractivity contribution in [3.05, 3.63) is 0 Å². The molecule has 0 saturated carbocycles. The van der Waals surface area contributed by atoms with Crippen LogP contribution in [0.3, 0.4) is 0 Å². The van der Waals surface area contributed by atoms with E-state index in [1.54, 1.807) is 9.80 Å². The molecule has 0 aromatic rings. The van der Waals surface area contributed by atoms with Crippen molar-refractivity contribution in [2.24, 2.45) is 0 Å². The number of rotatable bonds is 15. The maximum absolute atomic E-state index is 12.5. The zero-order valence-corrected chi connectivity index (χ0v) is 19.5. The average Bonchev–Trinajstić information content (AvgIpc) is 2.74. The fraction of sp³-hybridized carbons (Fsp3) is 0.960. The van der Waals surface area contributed by atoms with Gasteiger partial charge in [-0.2, -0.15) is 0 Å². The number of nitrogens with one attached hydrogen (secondary N) is 2. The van der Waals surface area contributed by atoms with Crippen LogP contribution in [0.5, 0.6) is 0 Å².